The fourth-order valence-electron chi connectivity index (χ4n) is 3.70. The summed E-state index contributed by atoms with van der Waals surface area (Å²) in [6.45, 7) is 1.38. The minimum atomic E-state index is -0.729. The van der Waals surface area contributed by atoms with Crippen LogP contribution in [0.1, 0.15) is 17.0 Å². The van der Waals surface area contributed by atoms with E-state index < -0.39 is 11.6 Å². The number of benzene rings is 2. The molecule has 0 saturated carbocycles. The molecule has 8 heteroatoms. The highest BCUT2D eigenvalue weighted by Crippen LogP contribution is 2.33. The largest absolute Gasteiger partial charge is 0.505 e. The summed E-state index contributed by atoms with van der Waals surface area (Å²) < 4.78 is 13.9. The number of fused-ring (bicyclic) bond motifs is 2. The number of aromatic nitrogens is 4. The maximum absolute atomic E-state index is 13.9. The number of imidazole rings is 1. The van der Waals surface area contributed by atoms with E-state index in [2.05, 4.69) is 25.5 Å². The van der Waals surface area contributed by atoms with Crippen molar-refractivity contribution in [3.8, 4) is 28.4 Å². The van der Waals surface area contributed by atoms with E-state index in [0.29, 0.717) is 16.7 Å². The van der Waals surface area contributed by atoms with Gasteiger partial charge < -0.3 is 20.5 Å². The second kappa shape index (κ2) is 6.43. The first-order valence-corrected chi connectivity index (χ1v) is 9.03. The van der Waals surface area contributed by atoms with Crippen LogP contribution in [-0.2, 0) is 19.6 Å². The highest BCUT2D eigenvalue weighted by atomic mass is 19.1. The maximum atomic E-state index is 13.9. The molecule has 5 rings (SSSR count). The Morgan fingerprint density at radius 1 is 1.18 bits per heavy atom. The van der Waals surface area contributed by atoms with E-state index in [9.17, 15) is 14.6 Å². The lowest BCUT2D eigenvalue weighted by atomic mass is 9.98. The Hall–Kier alpha value is -3.23. The monoisotopic (exact) mass is 379 g/mol. The second-order valence-corrected chi connectivity index (χ2v) is 6.89. The van der Waals surface area contributed by atoms with Crippen LogP contribution >= 0.6 is 0 Å². The normalized spacial score (nSPS) is 13.8. The SMILES string of the molecule is OCc1cc(O)c(F)cc1-c1ccc2c(-c3nc4c([nH]3)CNCC4)n[nH]c2c1. The molecule has 0 radical (unpaired) electrons. The van der Waals surface area contributed by atoms with Crippen LogP contribution in [0.2, 0.25) is 0 Å². The van der Waals surface area contributed by atoms with Crippen molar-refractivity contribution in [3.05, 3.63) is 53.1 Å². The van der Waals surface area contributed by atoms with Gasteiger partial charge in [0.05, 0.1) is 23.5 Å². The van der Waals surface area contributed by atoms with Gasteiger partial charge in [-0.25, -0.2) is 9.37 Å². The Morgan fingerprint density at radius 2 is 2.07 bits per heavy atom. The van der Waals surface area contributed by atoms with E-state index in [1.807, 2.05) is 18.2 Å². The van der Waals surface area contributed by atoms with Gasteiger partial charge in [-0.05, 0) is 41.0 Å². The molecule has 5 N–H and O–H groups in total. The van der Waals surface area contributed by atoms with E-state index in [1.165, 1.54) is 12.1 Å². The number of nitrogens with one attached hydrogen (secondary N) is 3. The number of aliphatic hydroxyl groups excluding tert-OH is 1. The summed E-state index contributed by atoms with van der Waals surface area (Å²) in [5, 5.41) is 30.8. The number of hydrogen-bond acceptors (Lipinski definition) is 5. The Bertz CT molecular complexity index is 1170. The fourth-order valence-corrected chi connectivity index (χ4v) is 3.70. The van der Waals surface area contributed by atoms with E-state index in [0.717, 1.165) is 53.3 Å². The van der Waals surface area contributed by atoms with Crippen LogP contribution in [0.25, 0.3) is 33.5 Å². The third kappa shape index (κ3) is 2.65. The first kappa shape index (κ1) is 16.9. The Balaban J connectivity index is 1.59. The Labute approximate surface area is 159 Å². The summed E-state index contributed by atoms with van der Waals surface area (Å²) in [4.78, 5) is 8.02. The van der Waals surface area contributed by atoms with Crippen LogP contribution in [0.15, 0.2) is 30.3 Å². The molecule has 1 aliphatic heterocycles. The molecule has 28 heavy (non-hydrogen) atoms. The van der Waals surface area contributed by atoms with Crippen molar-refractivity contribution in [2.75, 3.05) is 6.54 Å². The first-order valence-electron chi connectivity index (χ1n) is 9.03. The third-order valence-electron chi connectivity index (χ3n) is 5.15. The summed E-state index contributed by atoms with van der Waals surface area (Å²) in [5.74, 6) is -0.485. The van der Waals surface area contributed by atoms with Crippen LogP contribution < -0.4 is 5.32 Å². The predicted molar refractivity (Wildman–Crippen MR) is 102 cm³/mol. The number of hydrogen-bond donors (Lipinski definition) is 5. The average molecular weight is 379 g/mol. The van der Waals surface area contributed by atoms with Crippen LogP contribution in [0.4, 0.5) is 4.39 Å². The minimum Gasteiger partial charge on any atom is -0.505 e. The van der Waals surface area contributed by atoms with Crippen LogP contribution in [0, 0.1) is 5.82 Å². The molecule has 0 spiro atoms. The number of H-pyrrole nitrogens is 2. The van der Waals surface area contributed by atoms with Crippen LogP contribution in [-0.4, -0.2) is 36.9 Å². The van der Waals surface area contributed by atoms with Crippen molar-refractivity contribution in [2.45, 2.75) is 19.6 Å². The van der Waals surface area contributed by atoms with Crippen molar-refractivity contribution in [2.24, 2.45) is 0 Å². The molecule has 0 amide bonds. The predicted octanol–water partition coefficient (Wildman–Crippen LogP) is 2.60. The van der Waals surface area contributed by atoms with E-state index in [-0.39, 0.29) is 6.61 Å². The van der Waals surface area contributed by atoms with Gasteiger partial charge in [-0.2, -0.15) is 5.10 Å². The Morgan fingerprint density at radius 3 is 2.89 bits per heavy atom. The molecular formula is C20H18FN5O2. The van der Waals surface area contributed by atoms with Crippen molar-refractivity contribution < 1.29 is 14.6 Å². The fraction of sp³-hybridized carbons (Fsp3) is 0.200. The smallest absolute Gasteiger partial charge is 0.165 e. The van der Waals surface area contributed by atoms with Gasteiger partial charge in [-0.1, -0.05) is 6.07 Å². The molecule has 4 aromatic rings. The molecule has 0 aliphatic carbocycles. The number of rotatable bonds is 3. The number of aliphatic hydroxyl groups is 1. The standard InChI is InChI=1S/C20H18FN5O2/c21-14-7-13(11(9-27)6-18(14)28)10-1-2-12-16(5-10)25-26-19(12)20-23-15-3-4-22-8-17(15)24-20/h1-2,5-7,22,27-28H,3-4,8-9H2,(H,23,24)(H,25,26). The zero-order valence-electron chi connectivity index (χ0n) is 14.9. The zero-order valence-corrected chi connectivity index (χ0v) is 14.9. The molecule has 0 bridgehead atoms. The van der Waals surface area contributed by atoms with Gasteiger partial charge in [0.15, 0.2) is 17.4 Å². The van der Waals surface area contributed by atoms with Crippen molar-refractivity contribution in [3.63, 3.8) is 0 Å². The highest BCUT2D eigenvalue weighted by Gasteiger charge is 2.19. The number of phenols is 1. The van der Waals surface area contributed by atoms with Gasteiger partial charge in [-0.3, -0.25) is 5.10 Å². The molecule has 2 aromatic heterocycles. The summed E-state index contributed by atoms with van der Waals surface area (Å²) >= 11 is 0. The van der Waals surface area contributed by atoms with Crippen molar-refractivity contribution >= 4 is 10.9 Å². The molecule has 2 aromatic carbocycles. The quantitative estimate of drug-likeness (QED) is 0.376. The molecule has 0 atom stereocenters. The molecule has 0 saturated heterocycles. The molecule has 3 heterocycles. The number of halogens is 1. The summed E-state index contributed by atoms with van der Waals surface area (Å²) in [6, 6.07) is 8.06. The van der Waals surface area contributed by atoms with Crippen molar-refractivity contribution in [1.29, 1.82) is 0 Å². The molecule has 142 valence electrons. The summed E-state index contributed by atoms with van der Waals surface area (Å²) in [5.41, 5.74) is 5.34. The summed E-state index contributed by atoms with van der Waals surface area (Å²) in [7, 11) is 0. The van der Waals surface area contributed by atoms with E-state index in [4.69, 9.17) is 0 Å². The number of phenolic OH excluding ortho intramolecular Hbond substituents is 1. The lowest BCUT2D eigenvalue weighted by molar-refractivity contribution is 0.281. The highest BCUT2D eigenvalue weighted by molar-refractivity contribution is 5.94. The molecule has 0 fully saturated rings. The number of nitrogens with zero attached hydrogens (tertiary/aromatic N) is 2. The number of aromatic hydroxyl groups is 1. The van der Waals surface area contributed by atoms with Gasteiger partial charge >= 0.3 is 0 Å². The van der Waals surface area contributed by atoms with Gasteiger partial charge in [0.25, 0.3) is 0 Å². The van der Waals surface area contributed by atoms with E-state index in [1.54, 1.807) is 0 Å². The molecule has 1 aliphatic rings. The zero-order chi connectivity index (χ0) is 19.3. The molecular weight excluding hydrogens is 361 g/mol. The van der Waals surface area contributed by atoms with Gasteiger partial charge in [0, 0.05) is 24.9 Å². The Kier molecular flexibility index (Phi) is 3.88. The van der Waals surface area contributed by atoms with Gasteiger partial charge in [-0.15, -0.1) is 0 Å². The van der Waals surface area contributed by atoms with Crippen LogP contribution in [0.5, 0.6) is 5.75 Å². The van der Waals surface area contributed by atoms with E-state index >= 15 is 0 Å². The van der Waals surface area contributed by atoms with Gasteiger partial charge in [0.2, 0.25) is 0 Å². The van der Waals surface area contributed by atoms with Gasteiger partial charge in [0.1, 0.15) is 5.69 Å². The number of aromatic amines is 2. The average Bonchev–Trinajstić information content (AvgIpc) is 3.32. The lowest BCUT2D eigenvalue weighted by Crippen LogP contribution is -2.23. The minimum absolute atomic E-state index is 0.304. The first-order chi connectivity index (χ1) is 13.6. The molecule has 7 nitrogen and oxygen atoms in total. The van der Waals surface area contributed by atoms with Crippen LogP contribution in [0.3, 0.4) is 0 Å². The third-order valence-corrected chi connectivity index (χ3v) is 5.15. The summed E-state index contributed by atoms with van der Waals surface area (Å²) in [6.07, 6.45) is 0.884. The topological polar surface area (TPSA) is 110 Å². The molecule has 0 unspecified atom stereocenters. The lowest BCUT2D eigenvalue weighted by Gasteiger charge is -2.09. The van der Waals surface area contributed by atoms with Crippen molar-refractivity contribution in [1.82, 2.24) is 25.5 Å². The second-order valence-electron chi connectivity index (χ2n) is 6.89. The maximum Gasteiger partial charge on any atom is 0.165 e.